The van der Waals surface area contributed by atoms with Crippen LogP contribution in [0.2, 0.25) is 0 Å². The number of halogens is 2. The van der Waals surface area contributed by atoms with Gasteiger partial charge in [-0.1, -0.05) is 12.1 Å². The quantitative estimate of drug-likeness (QED) is 0.461. The second-order valence-corrected chi connectivity index (χ2v) is 8.00. The number of Topliss-reactive ketones (excluding diaryl/α,β-unsaturated/α-hetero) is 1. The second-order valence-electron chi connectivity index (χ2n) is 6.94. The average Bonchev–Trinajstić information content (AvgIpc) is 3.16. The third-order valence-corrected chi connectivity index (χ3v) is 6.05. The fourth-order valence-corrected chi connectivity index (χ4v) is 4.35. The van der Waals surface area contributed by atoms with Gasteiger partial charge in [-0.25, -0.2) is 13.8 Å². The number of fused-ring (bicyclic) bond motifs is 1. The lowest BCUT2D eigenvalue weighted by Gasteiger charge is -2.30. The summed E-state index contributed by atoms with van der Waals surface area (Å²) in [5.41, 5.74) is 0.680. The van der Waals surface area contributed by atoms with E-state index in [1.54, 1.807) is 11.0 Å². The van der Waals surface area contributed by atoms with E-state index in [0.717, 1.165) is 33.4 Å². The number of thiazole rings is 1. The molecule has 1 fully saturated rings. The molecule has 148 valence electrons. The van der Waals surface area contributed by atoms with Crippen LogP contribution < -0.4 is 0 Å². The van der Waals surface area contributed by atoms with Gasteiger partial charge in [0, 0.05) is 25.1 Å². The third kappa shape index (κ3) is 4.24. The van der Waals surface area contributed by atoms with Gasteiger partial charge < -0.3 is 4.90 Å². The summed E-state index contributed by atoms with van der Waals surface area (Å²) in [4.78, 5) is 31.1. The van der Waals surface area contributed by atoms with Crippen LogP contribution in [0.3, 0.4) is 0 Å². The molecule has 29 heavy (non-hydrogen) atoms. The fraction of sp³-hybridized carbons (Fsp3) is 0.227. The van der Waals surface area contributed by atoms with Gasteiger partial charge in [-0.3, -0.25) is 9.59 Å². The van der Waals surface area contributed by atoms with Gasteiger partial charge in [0.25, 0.3) is 0 Å². The molecule has 0 bridgehead atoms. The number of rotatable bonds is 4. The molecule has 7 heteroatoms. The predicted molar refractivity (Wildman–Crippen MR) is 109 cm³/mol. The van der Waals surface area contributed by atoms with E-state index in [2.05, 4.69) is 4.98 Å². The number of carbonyl (C=O) groups excluding carboxylic acids is 2. The van der Waals surface area contributed by atoms with Crippen LogP contribution in [-0.2, 0) is 4.79 Å². The monoisotopic (exact) mass is 412 g/mol. The van der Waals surface area contributed by atoms with Crippen molar-refractivity contribution >= 4 is 39.3 Å². The van der Waals surface area contributed by atoms with Gasteiger partial charge in [0.05, 0.1) is 15.8 Å². The molecule has 0 aliphatic carbocycles. The van der Waals surface area contributed by atoms with Crippen molar-refractivity contribution < 1.29 is 18.4 Å². The Balaban J connectivity index is 1.37. The minimum Gasteiger partial charge on any atom is -0.339 e. The molecule has 4 nitrogen and oxygen atoms in total. The van der Waals surface area contributed by atoms with Crippen LogP contribution >= 0.6 is 11.3 Å². The van der Waals surface area contributed by atoms with Gasteiger partial charge >= 0.3 is 0 Å². The van der Waals surface area contributed by atoms with E-state index in [-0.39, 0.29) is 11.5 Å². The van der Waals surface area contributed by atoms with E-state index in [0.29, 0.717) is 25.9 Å². The van der Waals surface area contributed by atoms with Gasteiger partial charge in [0.1, 0.15) is 16.6 Å². The zero-order chi connectivity index (χ0) is 20.4. The fourth-order valence-electron chi connectivity index (χ4n) is 3.48. The Morgan fingerprint density at radius 1 is 1.10 bits per heavy atom. The number of hydrogen-bond donors (Lipinski definition) is 0. The zero-order valence-corrected chi connectivity index (χ0v) is 16.3. The molecule has 1 aromatic heterocycles. The standard InChI is InChI=1S/C22H18F2N2O2S/c23-15-5-6-17(24)16(13-15)22(28)14-9-11-26(12-10-14)21(27)8-7-20-25-18-3-1-2-4-19(18)29-20/h1-8,13-14H,9-12H2/b8-7+. The summed E-state index contributed by atoms with van der Waals surface area (Å²) in [5, 5.41) is 0.756. The minimum atomic E-state index is -0.714. The first kappa shape index (κ1) is 19.4. The number of aromatic nitrogens is 1. The molecule has 0 radical (unpaired) electrons. The highest BCUT2D eigenvalue weighted by Crippen LogP contribution is 2.25. The third-order valence-electron chi connectivity index (χ3n) is 5.05. The van der Waals surface area contributed by atoms with Crippen molar-refractivity contribution in [3.63, 3.8) is 0 Å². The number of piperidine rings is 1. The maximum atomic E-state index is 13.9. The SMILES string of the molecule is O=C(c1cc(F)ccc1F)C1CCN(C(=O)/C=C/c2nc3ccccc3s2)CC1. The van der Waals surface area contributed by atoms with Crippen LogP contribution in [-0.4, -0.2) is 34.7 Å². The molecule has 0 spiro atoms. The van der Waals surface area contributed by atoms with Crippen molar-refractivity contribution in [2.24, 2.45) is 5.92 Å². The number of para-hydroxylation sites is 1. The molecule has 4 rings (SSSR count). The molecule has 2 aromatic carbocycles. The molecule has 0 saturated carbocycles. The van der Waals surface area contributed by atoms with Gasteiger partial charge in [0.15, 0.2) is 5.78 Å². The van der Waals surface area contributed by atoms with Crippen molar-refractivity contribution in [3.05, 3.63) is 70.7 Å². The summed E-state index contributed by atoms with van der Waals surface area (Å²) >= 11 is 1.51. The molecule has 0 atom stereocenters. The Morgan fingerprint density at radius 2 is 1.86 bits per heavy atom. The van der Waals surface area contributed by atoms with Crippen LogP contribution in [0.5, 0.6) is 0 Å². The molecule has 1 amide bonds. The van der Waals surface area contributed by atoms with E-state index in [1.807, 2.05) is 24.3 Å². The van der Waals surface area contributed by atoms with Gasteiger partial charge in [-0.2, -0.15) is 0 Å². The highest BCUT2D eigenvalue weighted by Gasteiger charge is 2.28. The lowest BCUT2D eigenvalue weighted by Crippen LogP contribution is -2.39. The molecule has 1 aliphatic heterocycles. The summed E-state index contributed by atoms with van der Waals surface area (Å²) in [6.07, 6.45) is 4.05. The zero-order valence-electron chi connectivity index (χ0n) is 15.5. The van der Waals surface area contributed by atoms with E-state index >= 15 is 0 Å². The van der Waals surface area contributed by atoms with Gasteiger partial charge in [0.2, 0.25) is 5.91 Å². The number of hydrogen-bond acceptors (Lipinski definition) is 4. The van der Waals surface area contributed by atoms with Crippen LogP contribution in [0, 0.1) is 17.6 Å². The van der Waals surface area contributed by atoms with Crippen LogP contribution in [0.25, 0.3) is 16.3 Å². The van der Waals surface area contributed by atoms with Crippen LogP contribution in [0.4, 0.5) is 8.78 Å². The average molecular weight is 412 g/mol. The summed E-state index contributed by atoms with van der Waals surface area (Å²) in [6.45, 7) is 0.798. The molecule has 2 heterocycles. The van der Waals surface area contributed by atoms with E-state index in [4.69, 9.17) is 0 Å². The van der Waals surface area contributed by atoms with E-state index in [9.17, 15) is 18.4 Å². The van der Waals surface area contributed by atoms with Gasteiger partial charge in [-0.15, -0.1) is 11.3 Å². The summed E-state index contributed by atoms with van der Waals surface area (Å²) in [7, 11) is 0. The molecule has 0 N–H and O–H groups in total. The van der Waals surface area contributed by atoms with Crippen molar-refractivity contribution in [3.8, 4) is 0 Å². The number of ketones is 1. The van der Waals surface area contributed by atoms with Crippen molar-refractivity contribution in [1.29, 1.82) is 0 Å². The van der Waals surface area contributed by atoms with Crippen LogP contribution in [0.15, 0.2) is 48.5 Å². The van der Waals surface area contributed by atoms with Gasteiger partial charge in [-0.05, 0) is 49.2 Å². The first-order valence-electron chi connectivity index (χ1n) is 9.33. The molecule has 3 aromatic rings. The Labute approximate surface area is 170 Å². The Hall–Kier alpha value is -2.93. The topological polar surface area (TPSA) is 50.3 Å². The van der Waals surface area contributed by atoms with Crippen molar-refractivity contribution in [1.82, 2.24) is 9.88 Å². The Morgan fingerprint density at radius 3 is 2.62 bits per heavy atom. The Bertz CT molecular complexity index is 1070. The Kier molecular flexibility index (Phi) is 5.49. The number of likely N-dealkylation sites (tertiary alicyclic amines) is 1. The highest BCUT2D eigenvalue weighted by molar-refractivity contribution is 7.19. The minimum absolute atomic E-state index is 0.146. The molecule has 1 aliphatic rings. The normalized spacial score (nSPS) is 15.3. The summed E-state index contributed by atoms with van der Waals surface area (Å²) in [5.74, 6) is -2.31. The molecule has 0 unspecified atom stereocenters. The first-order valence-corrected chi connectivity index (χ1v) is 10.1. The second kappa shape index (κ2) is 8.21. The number of benzene rings is 2. The van der Waals surface area contributed by atoms with Crippen LogP contribution in [0.1, 0.15) is 28.2 Å². The largest absolute Gasteiger partial charge is 0.339 e. The first-order chi connectivity index (χ1) is 14.0. The molecular formula is C22H18F2N2O2S. The lowest BCUT2D eigenvalue weighted by molar-refractivity contribution is -0.127. The summed E-state index contributed by atoms with van der Waals surface area (Å²) in [6, 6.07) is 10.7. The highest BCUT2D eigenvalue weighted by atomic mass is 32.1. The number of carbonyl (C=O) groups is 2. The molecular weight excluding hydrogens is 394 g/mol. The van der Waals surface area contributed by atoms with Crippen molar-refractivity contribution in [2.75, 3.05) is 13.1 Å². The number of amides is 1. The maximum Gasteiger partial charge on any atom is 0.246 e. The predicted octanol–water partition coefficient (Wildman–Crippen LogP) is 4.71. The summed E-state index contributed by atoms with van der Waals surface area (Å²) < 4.78 is 28.3. The van der Waals surface area contributed by atoms with Crippen molar-refractivity contribution in [2.45, 2.75) is 12.8 Å². The maximum absolute atomic E-state index is 13.9. The smallest absolute Gasteiger partial charge is 0.246 e. The number of nitrogens with zero attached hydrogens (tertiary/aromatic N) is 2. The molecule has 1 saturated heterocycles. The lowest BCUT2D eigenvalue weighted by atomic mass is 9.88. The van der Waals surface area contributed by atoms with E-state index < -0.39 is 23.3 Å². The van der Waals surface area contributed by atoms with E-state index in [1.165, 1.54) is 17.4 Å².